The van der Waals surface area contributed by atoms with Crippen LogP contribution < -0.4 is 5.84 Å². The number of nitrogens with zero attached hydrogens (tertiary/aromatic N) is 2. The van der Waals surface area contributed by atoms with Crippen molar-refractivity contribution in [2.24, 2.45) is 5.84 Å². The van der Waals surface area contributed by atoms with Crippen LogP contribution in [0.4, 0.5) is 0 Å². The zero-order valence-electron chi connectivity index (χ0n) is 10.1. The number of nitrogens with two attached hydrogens (primary N) is 1. The minimum Gasteiger partial charge on any atom is -0.336 e. The maximum atomic E-state index is 11.9. The van der Waals surface area contributed by atoms with Crippen LogP contribution in [0, 0.1) is 0 Å². The van der Waals surface area contributed by atoms with Crippen LogP contribution in [0.2, 0.25) is 5.02 Å². The number of hydrogen-bond donors (Lipinski definition) is 1. The standard InChI is InChI=1S/C13H16ClN3O/c14-12-4-1-11(2-5-12)3-6-13(18)16-7-9-17(15)10-8-16/h1-6H,7-10,15H2/b6-3+. The van der Waals surface area contributed by atoms with E-state index in [4.69, 9.17) is 17.4 Å². The van der Waals surface area contributed by atoms with Crippen molar-refractivity contribution in [3.8, 4) is 0 Å². The summed E-state index contributed by atoms with van der Waals surface area (Å²) in [5.74, 6) is 5.67. The molecule has 1 aliphatic heterocycles. The van der Waals surface area contributed by atoms with Gasteiger partial charge in [0.25, 0.3) is 0 Å². The highest BCUT2D eigenvalue weighted by atomic mass is 35.5. The van der Waals surface area contributed by atoms with Crippen molar-refractivity contribution in [3.63, 3.8) is 0 Å². The predicted molar refractivity (Wildman–Crippen MR) is 72.8 cm³/mol. The number of hydrogen-bond acceptors (Lipinski definition) is 3. The summed E-state index contributed by atoms with van der Waals surface area (Å²) in [7, 11) is 0. The number of amides is 1. The van der Waals surface area contributed by atoms with Crippen molar-refractivity contribution < 1.29 is 4.79 Å². The molecule has 1 amide bonds. The third kappa shape index (κ3) is 3.57. The molecule has 2 N–H and O–H groups in total. The van der Waals surface area contributed by atoms with E-state index in [0.29, 0.717) is 18.1 Å². The highest BCUT2D eigenvalue weighted by molar-refractivity contribution is 6.30. The summed E-state index contributed by atoms with van der Waals surface area (Å²) in [6.45, 7) is 2.81. The summed E-state index contributed by atoms with van der Waals surface area (Å²) in [4.78, 5) is 13.7. The van der Waals surface area contributed by atoms with Gasteiger partial charge in [-0.2, -0.15) is 0 Å². The highest BCUT2D eigenvalue weighted by Crippen LogP contribution is 2.11. The van der Waals surface area contributed by atoms with Gasteiger partial charge < -0.3 is 4.90 Å². The van der Waals surface area contributed by atoms with Gasteiger partial charge >= 0.3 is 0 Å². The first-order valence-corrected chi connectivity index (χ1v) is 6.25. The molecule has 96 valence electrons. The average Bonchev–Trinajstić information content (AvgIpc) is 2.38. The lowest BCUT2D eigenvalue weighted by Crippen LogP contribution is -2.50. The fraction of sp³-hybridized carbons (Fsp3) is 0.308. The first kappa shape index (κ1) is 13.1. The van der Waals surface area contributed by atoms with Gasteiger partial charge in [0, 0.05) is 37.3 Å². The number of rotatable bonds is 2. The second-order valence-electron chi connectivity index (χ2n) is 4.25. The number of hydrazine groups is 1. The maximum Gasteiger partial charge on any atom is 0.246 e. The Balaban J connectivity index is 1.92. The molecular formula is C13H16ClN3O. The molecule has 0 radical (unpaired) electrons. The Morgan fingerprint density at radius 1 is 1.17 bits per heavy atom. The number of halogens is 1. The van der Waals surface area contributed by atoms with E-state index in [9.17, 15) is 4.79 Å². The van der Waals surface area contributed by atoms with Crippen LogP contribution in [-0.4, -0.2) is 42.0 Å². The van der Waals surface area contributed by atoms with Crippen molar-refractivity contribution in [2.75, 3.05) is 26.2 Å². The minimum atomic E-state index is 0.0260. The molecule has 0 spiro atoms. The lowest BCUT2D eigenvalue weighted by Gasteiger charge is -2.31. The van der Waals surface area contributed by atoms with E-state index in [1.54, 1.807) is 34.2 Å². The Morgan fingerprint density at radius 2 is 1.78 bits per heavy atom. The van der Waals surface area contributed by atoms with E-state index in [0.717, 1.165) is 18.7 Å². The summed E-state index contributed by atoms with van der Waals surface area (Å²) in [6.07, 6.45) is 3.39. The van der Waals surface area contributed by atoms with Crippen LogP contribution in [0.15, 0.2) is 30.3 Å². The molecule has 1 heterocycles. The molecule has 0 aromatic heterocycles. The largest absolute Gasteiger partial charge is 0.336 e. The van der Waals surface area contributed by atoms with E-state index >= 15 is 0 Å². The number of carbonyl (C=O) groups is 1. The smallest absolute Gasteiger partial charge is 0.246 e. The van der Waals surface area contributed by atoms with Crippen molar-refractivity contribution >= 4 is 23.6 Å². The van der Waals surface area contributed by atoms with Crippen molar-refractivity contribution in [2.45, 2.75) is 0 Å². The van der Waals surface area contributed by atoms with Crippen molar-refractivity contribution in [3.05, 3.63) is 40.9 Å². The molecule has 0 aliphatic carbocycles. The van der Waals surface area contributed by atoms with E-state index in [1.807, 2.05) is 12.1 Å². The molecular weight excluding hydrogens is 250 g/mol. The van der Waals surface area contributed by atoms with Gasteiger partial charge in [-0.1, -0.05) is 23.7 Å². The molecule has 18 heavy (non-hydrogen) atoms. The highest BCUT2D eigenvalue weighted by Gasteiger charge is 2.16. The van der Waals surface area contributed by atoms with E-state index in [-0.39, 0.29) is 5.91 Å². The third-order valence-corrected chi connectivity index (χ3v) is 3.17. The molecule has 1 fully saturated rings. The first-order chi connectivity index (χ1) is 8.65. The second-order valence-corrected chi connectivity index (χ2v) is 4.68. The molecule has 1 aliphatic rings. The van der Waals surface area contributed by atoms with Crippen molar-refractivity contribution in [1.82, 2.24) is 9.91 Å². The monoisotopic (exact) mass is 265 g/mol. The summed E-state index contributed by atoms with van der Waals surface area (Å²) < 4.78 is 0. The van der Waals surface area contributed by atoms with E-state index in [2.05, 4.69) is 0 Å². The van der Waals surface area contributed by atoms with Gasteiger partial charge in [0.05, 0.1) is 0 Å². The van der Waals surface area contributed by atoms with Crippen LogP contribution in [-0.2, 0) is 4.79 Å². The molecule has 4 nitrogen and oxygen atoms in total. The quantitative estimate of drug-likeness (QED) is 0.649. The van der Waals surface area contributed by atoms with Gasteiger partial charge in [-0.25, -0.2) is 5.01 Å². The molecule has 2 rings (SSSR count). The first-order valence-electron chi connectivity index (χ1n) is 5.87. The summed E-state index contributed by atoms with van der Waals surface area (Å²) >= 11 is 5.79. The minimum absolute atomic E-state index is 0.0260. The molecule has 0 bridgehead atoms. The number of piperazine rings is 1. The summed E-state index contributed by atoms with van der Waals surface area (Å²) in [5, 5.41) is 2.42. The SMILES string of the molecule is NN1CCN(C(=O)/C=C/c2ccc(Cl)cc2)CC1. The molecule has 0 atom stereocenters. The fourth-order valence-corrected chi connectivity index (χ4v) is 1.92. The van der Waals surface area contributed by atoms with Gasteiger partial charge in [-0.3, -0.25) is 10.6 Å². The summed E-state index contributed by atoms with van der Waals surface area (Å²) in [6, 6.07) is 7.37. The van der Waals surface area contributed by atoms with Gasteiger partial charge in [0.15, 0.2) is 0 Å². The lowest BCUT2D eigenvalue weighted by atomic mass is 10.2. The van der Waals surface area contributed by atoms with Crippen LogP contribution in [0.5, 0.6) is 0 Å². The Labute approximate surface area is 112 Å². The molecule has 1 saturated heterocycles. The molecule has 0 unspecified atom stereocenters. The molecule has 5 heteroatoms. The topological polar surface area (TPSA) is 49.6 Å². The van der Waals surface area contributed by atoms with Crippen LogP contribution >= 0.6 is 11.6 Å². The predicted octanol–water partition coefficient (Wildman–Crippen LogP) is 1.37. The number of carbonyl (C=O) groups excluding carboxylic acids is 1. The normalized spacial score (nSPS) is 17.3. The van der Waals surface area contributed by atoms with Gasteiger partial charge in [0.2, 0.25) is 5.91 Å². The third-order valence-electron chi connectivity index (χ3n) is 2.91. The van der Waals surface area contributed by atoms with Crippen LogP contribution in [0.25, 0.3) is 6.08 Å². The fourth-order valence-electron chi connectivity index (χ4n) is 1.79. The van der Waals surface area contributed by atoms with E-state index in [1.165, 1.54) is 0 Å². The Morgan fingerprint density at radius 3 is 2.39 bits per heavy atom. The maximum absolute atomic E-state index is 11.9. The van der Waals surface area contributed by atoms with Crippen LogP contribution in [0.3, 0.4) is 0 Å². The van der Waals surface area contributed by atoms with Gasteiger partial charge in [-0.05, 0) is 23.8 Å². The Hall–Kier alpha value is -1.36. The Kier molecular flexibility index (Phi) is 4.36. The molecule has 1 aromatic rings. The van der Waals surface area contributed by atoms with E-state index < -0.39 is 0 Å². The zero-order valence-corrected chi connectivity index (χ0v) is 10.8. The van der Waals surface area contributed by atoms with Crippen LogP contribution in [0.1, 0.15) is 5.56 Å². The Bertz CT molecular complexity index is 436. The lowest BCUT2D eigenvalue weighted by molar-refractivity contribution is -0.127. The molecule has 0 saturated carbocycles. The zero-order chi connectivity index (χ0) is 13.0. The van der Waals surface area contributed by atoms with Crippen molar-refractivity contribution in [1.29, 1.82) is 0 Å². The summed E-state index contributed by atoms with van der Waals surface area (Å²) in [5.41, 5.74) is 0.963. The average molecular weight is 266 g/mol. The number of benzene rings is 1. The van der Waals surface area contributed by atoms with Gasteiger partial charge in [-0.15, -0.1) is 0 Å². The van der Waals surface area contributed by atoms with Gasteiger partial charge in [0.1, 0.15) is 0 Å². The second kappa shape index (κ2) is 6.00. The molecule has 1 aromatic carbocycles.